The van der Waals surface area contributed by atoms with Gasteiger partial charge in [-0.3, -0.25) is 4.79 Å². The number of hydrogen-bond acceptors (Lipinski definition) is 4. The molecule has 4 heteroatoms. The summed E-state index contributed by atoms with van der Waals surface area (Å²) in [6.45, 7) is 3.53. The highest BCUT2D eigenvalue weighted by molar-refractivity contribution is 5.69. The standard InChI is InChI=1S/C9H17NO3/c1-7-8(4-6-13-7)10-5-3-9(11)12-2/h7-8,10H,3-6H2,1-2H3. The molecule has 76 valence electrons. The van der Waals surface area contributed by atoms with Crippen LogP contribution in [0.5, 0.6) is 0 Å². The summed E-state index contributed by atoms with van der Waals surface area (Å²) in [6, 6.07) is 0.393. The van der Waals surface area contributed by atoms with Crippen LogP contribution >= 0.6 is 0 Å². The lowest BCUT2D eigenvalue weighted by molar-refractivity contribution is -0.140. The van der Waals surface area contributed by atoms with Gasteiger partial charge in [-0.05, 0) is 13.3 Å². The van der Waals surface area contributed by atoms with E-state index in [1.165, 1.54) is 7.11 Å². The first-order valence-corrected chi connectivity index (χ1v) is 4.66. The Morgan fingerprint density at radius 2 is 2.46 bits per heavy atom. The van der Waals surface area contributed by atoms with Crippen LogP contribution in [0, 0.1) is 0 Å². The zero-order chi connectivity index (χ0) is 9.68. The van der Waals surface area contributed by atoms with Crippen molar-refractivity contribution in [1.82, 2.24) is 5.32 Å². The van der Waals surface area contributed by atoms with Crippen LogP contribution in [0.2, 0.25) is 0 Å². The van der Waals surface area contributed by atoms with E-state index in [9.17, 15) is 4.79 Å². The fraction of sp³-hybridized carbons (Fsp3) is 0.889. The van der Waals surface area contributed by atoms with Crippen molar-refractivity contribution in [2.45, 2.75) is 31.9 Å². The Bertz CT molecular complexity index is 172. The zero-order valence-electron chi connectivity index (χ0n) is 8.21. The minimum absolute atomic E-state index is 0.168. The van der Waals surface area contributed by atoms with E-state index in [4.69, 9.17) is 4.74 Å². The zero-order valence-corrected chi connectivity index (χ0v) is 8.21. The van der Waals surface area contributed by atoms with Gasteiger partial charge in [0, 0.05) is 19.2 Å². The molecule has 1 fully saturated rings. The Balaban J connectivity index is 2.08. The first kappa shape index (κ1) is 10.5. The second kappa shape index (κ2) is 5.19. The van der Waals surface area contributed by atoms with Crippen molar-refractivity contribution in [1.29, 1.82) is 0 Å². The lowest BCUT2D eigenvalue weighted by atomic mass is 10.1. The summed E-state index contributed by atoms with van der Waals surface area (Å²) in [5, 5.41) is 3.27. The monoisotopic (exact) mass is 187 g/mol. The molecule has 0 aromatic rings. The van der Waals surface area contributed by atoms with Crippen molar-refractivity contribution in [3.05, 3.63) is 0 Å². The quantitative estimate of drug-likeness (QED) is 0.644. The predicted molar refractivity (Wildman–Crippen MR) is 48.5 cm³/mol. The molecule has 0 aromatic heterocycles. The van der Waals surface area contributed by atoms with Crippen molar-refractivity contribution < 1.29 is 14.3 Å². The average Bonchev–Trinajstić information content (AvgIpc) is 2.52. The van der Waals surface area contributed by atoms with Gasteiger partial charge < -0.3 is 14.8 Å². The Hall–Kier alpha value is -0.610. The molecule has 1 N–H and O–H groups in total. The van der Waals surface area contributed by atoms with Gasteiger partial charge in [0.2, 0.25) is 0 Å². The summed E-state index contributed by atoms with van der Waals surface area (Å²) in [7, 11) is 1.41. The molecule has 0 aliphatic carbocycles. The minimum Gasteiger partial charge on any atom is -0.469 e. The first-order chi connectivity index (χ1) is 6.24. The Kier molecular flexibility index (Phi) is 4.18. The maximum atomic E-state index is 10.8. The summed E-state index contributed by atoms with van der Waals surface area (Å²) in [4.78, 5) is 10.8. The molecule has 1 rings (SSSR count). The third-order valence-electron chi connectivity index (χ3n) is 2.34. The molecule has 1 aliphatic rings. The van der Waals surface area contributed by atoms with Crippen LogP contribution < -0.4 is 5.32 Å². The topological polar surface area (TPSA) is 47.6 Å². The number of carbonyl (C=O) groups is 1. The van der Waals surface area contributed by atoms with Crippen LogP contribution in [0.4, 0.5) is 0 Å². The lowest BCUT2D eigenvalue weighted by Crippen LogP contribution is -2.36. The Labute approximate surface area is 78.6 Å². The van der Waals surface area contributed by atoms with Gasteiger partial charge >= 0.3 is 5.97 Å². The van der Waals surface area contributed by atoms with Gasteiger partial charge in [0.1, 0.15) is 0 Å². The lowest BCUT2D eigenvalue weighted by Gasteiger charge is -2.15. The van der Waals surface area contributed by atoms with E-state index >= 15 is 0 Å². The third kappa shape index (κ3) is 3.32. The number of methoxy groups -OCH3 is 1. The molecule has 0 spiro atoms. The van der Waals surface area contributed by atoms with Gasteiger partial charge in [0.05, 0.1) is 19.6 Å². The molecule has 2 unspecified atom stereocenters. The van der Waals surface area contributed by atoms with E-state index in [-0.39, 0.29) is 12.1 Å². The van der Waals surface area contributed by atoms with Crippen LogP contribution in [0.3, 0.4) is 0 Å². The largest absolute Gasteiger partial charge is 0.469 e. The predicted octanol–water partition coefficient (Wildman–Crippen LogP) is 0.317. The molecule has 2 atom stereocenters. The summed E-state index contributed by atoms with van der Waals surface area (Å²) in [6.07, 6.45) is 1.72. The molecule has 0 aromatic carbocycles. The summed E-state index contributed by atoms with van der Waals surface area (Å²) >= 11 is 0. The molecule has 0 bridgehead atoms. The number of nitrogens with one attached hydrogen (secondary N) is 1. The smallest absolute Gasteiger partial charge is 0.306 e. The van der Waals surface area contributed by atoms with E-state index in [0.29, 0.717) is 19.0 Å². The molecule has 1 heterocycles. The second-order valence-electron chi connectivity index (χ2n) is 3.25. The van der Waals surface area contributed by atoms with E-state index in [2.05, 4.69) is 10.1 Å². The maximum absolute atomic E-state index is 10.8. The van der Waals surface area contributed by atoms with E-state index < -0.39 is 0 Å². The molecular formula is C9H17NO3. The van der Waals surface area contributed by atoms with Crippen LogP contribution in [0.25, 0.3) is 0 Å². The van der Waals surface area contributed by atoms with Gasteiger partial charge in [-0.2, -0.15) is 0 Å². The SMILES string of the molecule is COC(=O)CCNC1CCOC1C. The Morgan fingerprint density at radius 1 is 1.69 bits per heavy atom. The van der Waals surface area contributed by atoms with E-state index in [1.807, 2.05) is 6.92 Å². The molecule has 0 saturated carbocycles. The molecule has 0 amide bonds. The molecule has 4 nitrogen and oxygen atoms in total. The van der Waals surface area contributed by atoms with Crippen LogP contribution in [-0.2, 0) is 14.3 Å². The fourth-order valence-corrected chi connectivity index (χ4v) is 1.46. The number of hydrogen-bond donors (Lipinski definition) is 1. The molecule has 0 radical (unpaired) electrons. The summed E-state index contributed by atoms with van der Waals surface area (Å²) in [5.41, 5.74) is 0. The van der Waals surface area contributed by atoms with Crippen LogP contribution in [-0.4, -0.2) is 38.4 Å². The van der Waals surface area contributed by atoms with E-state index in [0.717, 1.165) is 13.0 Å². The molecule has 1 aliphatic heterocycles. The van der Waals surface area contributed by atoms with Crippen molar-refractivity contribution in [2.75, 3.05) is 20.3 Å². The van der Waals surface area contributed by atoms with Gasteiger partial charge in [-0.25, -0.2) is 0 Å². The van der Waals surface area contributed by atoms with Gasteiger partial charge in [0.25, 0.3) is 0 Å². The third-order valence-corrected chi connectivity index (χ3v) is 2.34. The normalized spacial score (nSPS) is 27.5. The fourth-order valence-electron chi connectivity index (χ4n) is 1.46. The first-order valence-electron chi connectivity index (χ1n) is 4.66. The number of carbonyl (C=O) groups excluding carboxylic acids is 1. The van der Waals surface area contributed by atoms with Crippen molar-refractivity contribution in [2.24, 2.45) is 0 Å². The number of rotatable bonds is 4. The van der Waals surface area contributed by atoms with Crippen molar-refractivity contribution in [3.63, 3.8) is 0 Å². The van der Waals surface area contributed by atoms with Crippen molar-refractivity contribution in [3.8, 4) is 0 Å². The maximum Gasteiger partial charge on any atom is 0.306 e. The average molecular weight is 187 g/mol. The highest BCUT2D eigenvalue weighted by Gasteiger charge is 2.23. The van der Waals surface area contributed by atoms with Crippen molar-refractivity contribution >= 4 is 5.97 Å². The molecule has 13 heavy (non-hydrogen) atoms. The number of ether oxygens (including phenoxy) is 2. The Morgan fingerprint density at radius 3 is 3.00 bits per heavy atom. The minimum atomic E-state index is -0.168. The molecule has 1 saturated heterocycles. The molecular weight excluding hydrogens is 170 g/mol. The highest BCUT2D eigenvalue weighted by Crippen LogP contribution is 2.12. The van der Waals surface area contributed by atoms with E-state index in [1.54, 1.807) is 0 Å². The summed E-state index contributed by atoms with van der Waals surface area (Å²) < 4.78 is 9.90. The van der Waals surface area contributed by atoms with Gasteiger partial charge in [0.15, 0.2) is 0 Å². The number of esters is 1. The van der Waals surface area contributed by atoms with Crippen LogP contribution in [0.15, 0.2) is 0 Å². The highest BCUT2D eigenvalue weighted by atomic mass is 16.5. The second-order valence-corrected chi connectivity index (χ2v) is 3.25. The summed E-state index contributed by atoms with van der Waals surface area (Å²) in [5.74, 6) is -0.168. The van der Waals surface area contributed by atoms with Gasteiger partial charge in [-0.1, -0.05) is 0 Å². The van der Waals surface area contributed by atoms with Crippen LogP contribution in [0.1, 0.15) is 19.8 Å². The van der Waals surface area contributed by atoms with Gasteiger partial charge in [-0.15, -0.1) is 0 Å².